The molecule has 1 unspecified atom stereocenters. The van der Waals surface area contributed by atoms with Gasteiger partial charge in [0.15, 0.2) is 0 Å². The number of carbonyl (C=O) groups excluding carboxylic acids is 1. The second kappa shape index (κ2) is 6.69. The maximum absolute atomic E-state index is 11.5. The Hall–Kier alpha value is -0.830. The molecule has 0 radical (unpaired) electrons. The fraction of sp³-hybridized carbons (Fsp3) is 0.769. The van der Waals surface area contributed by atoms with E-state index in [9.17, 15) is 9.90 Å². The van der Waals surface area contributed by atoms with Crippen molar-refractivity contribution in [2.45, 2.75) is 53.6 Å². The highest BCUT2D eigenvalue weighted by Gasteiger charge is 2.13. The predicted octanol–water partition coefficient (Wildman–Crippen LogP) is 2.26. The number of rotatable bonds is 5. The maximum Gasteiger partial charge on any atom is 0.244 e. The van der Waals surface area contributed by atoms with Crippen molar-refractivity contribution >= 4 is 5.91 Å². The van der Waals surface area contributed by atoms with E-state index in [1.54, 1.807) is 6.08 Å². The number of hydrogen-bond acceptors (Lipinski definition) is 2. The molecule has 3 heteroatoms. The van der Waals surface area contributed by atoms with Gasteiger partial charge in [-0.1, -0.05) is 39.7 Å². The van der Waals surface area contributed by atoms with E-state index in [1.807, 2.05) is 13.8 Å². The van der Waals surface area contributed by atoms with E-state index in [0.29, 0.717) is 6.54 Å². The van der Waals surface area contributed by atoms with Gasteiger partial charge in [0.25, 0.3) is 0 Å². The average Bonchev–Trinajstić information content (AvgIpc) is 2.13. The molecule has 0 saturated heterocycles. The van der Waals surface area contributed by atoms with E-state index in [0.717, 1.165) is 18.4 Å². The average molecular weight is 227 g/mol. The van der Waals surface area contributed by atoms with Crippen molar-refractivity contribution in [2.75, 3.05) is 6.54 Å². The number of amides is 1. The summed E-state index contributed by atoms with van der Waals surface area (Å²) in [6.07, 6.45) is 2.83. The Bertz CT molecular complexity index is 251. The van der Waals surface area contributed by atoms with Gasteiger partial charge in [0.05, 0.1) is 6.10 Å². The molecule has 0 aromatic carbocycles. The smallest absolute Gasteiger partial charge is 0.244 e. The molecule has 0 saturated carbocycles. The quantitative estimate of drug-likeness (QED) is 0.708. The van der Waals surface area contributed by atoms with Crippen molar-refractivity contribution in [1.82, 2.24) is 5.32 Å². The largest absolute Gasteiger partial charge is 0.391 e. The molecule has 0 aliphatic carbocycles. The molecule has 0 spiro atoms. The third kappa shape index (κ3) is 6.62. The lowest BCUT2D eigenvalue weighted by Gasteiger charge is -2.19. The summed E-state index contributed by atoms with van der Waals surface area (Å²) in [6, 6.07) is 0. The van der Waals surface area contributed by atoms with Crippen LogP contribution >= 0.6 is 0 Å². The summed E-state index contributed by atoms with van der Waals surface area (Å²) in [5.41, 5.74) is 1.05. The zero-order valence-electron chi connectivity index (χ0n) is 11.1. The minimum Gasteiger partial charge on any atom is -0.391 e. The van der Waals surface area contributed by atoms with Crippen LogP contribution in [0.25, 0.3) is 0 Å². The van der Waals surface area contributed by atoms with Gasteiger partial charge in [-0.05, 0) is 18.8 Å². The molecule has 94 valence electrons. The molecule has 16 heavy (non-hydrogen) atoms. The molecule has 1 atom stereocenters. The standard InChI is InChI=1S/C13H25NO2/c1-6-7-11(15)9-14-12(16)8-10(2)13(3,4)5/h8,11,15H,6-7,9H2,1-5H3,(H,14,16)/b10-8-. The Kier molecular flexibility index (Phi) is 6.34. The fourth-order valence-electron chi connectivity index (χ4n) is 1.12. The lowest BCUT2D eigenvalue weighted by molar-refractivity contribution is -0.117. The Morgan fingerprint density at radius 2 is 2.00 bits per heavy atom. The number of allylic oxidation sites excluding steroid dienone is 1. The summed E-state index contributed by atoms with van der Waals surface area (Å²) in [5, 5.41) is 12.2. The van der Waals surface area contributed by atoms with Crippen molar-refractivity contribution in [3.63, 3.8) is 0 Å². The Morgan fingerprint density at radius 3 is 2.44 bits per heavy atom. The Labute approximate surface area is 98.9 Å². The number of aliphatic hydroxyl groups excluding tert-OH is 1. The summed E-state index contributed by atoms with van der Waals surface area (Å²) in [6.45, 7) is 10.5. The van der Waals surface area contributed by atoms with Gasteiger partial charge in [0.1, 0.15) is 0 Å². The molecule has 3 nitrogen and oxygen atoms in total. The Morgan fingerprint density at radius 1 is 1.44 bits per heavy atom. The first-order chi connectivity index (χ1) is 7.27. The zero-order chi connectivity index (χ0) is 12.8. The van der Waals surface area contributed by atoms with Crippen LogP contribution in [0.2, 0.25) is 0 Å². The van der Waals surface area contributed by atoms with Gasteiger partial charge in [-0.2, -0.15) is 0 Å². The number of nitrogens with one attached hydrogen (secondary N) is 1. The van der Waals surface area contributed by atoms with Crippen molar-refractivity contribution in [1.29, 1.82) is 0 Å². The third-order valence-electron chi connectivity index (χ3n) is 2.66. The summed E-state index contributed by atoms with van der Waals surface area (Å²) < 4.78 is 0. The molecule has 0 rings (SSSR count). The van der Waals surface area contributed by atoms with Gasteiger partial charge in [-0.3, -0.25) is 4.79 Å². The SMILES string of the molecule is CCCC(O)CNC(=O)/C=C(/C)C(C)(C)C. The van der Waals surface area contributed by atoms with Crippen LogP contribution in [0.15, 0.2) is 11.6 Å². The molecule has 0 fully saturated rings. The second-order valence-corrected chi connectivity index (χ2v) is 5.27. The molecule has 0 heterocycles. The summed E-state index contributed by atoms with van der Waals surface area (Å²) in [4.78, 5) is 11.5. The first-order valence-corrected chi connectivity index (χ1v) is 5.92. The van der Waals surface area contributed by atoms with Crippen LogP contribution in [0.4, 0.5) is 0 Å². The van der Waals surface area contributed by atoms with Crippen molar-refractivity contribution in [3.05, 3.63) is 11.6 Å². The monoisotopic (exact) mass is 227 g/mol. The van der Waals surface area contributed by atoms with Crippen molar-refractivity contribution in [3.8, 4) is 0 Å². The van der Waals surface area contributed by atoms with Gasteiger partial charge in [0.2, 0.25) is 5.91 Å². The zero-order valence-corrected chi connectivity index (χ0v) is 11.1. The number of aliphatic hydroxyl groups is 1. The fourth-order valence-corrected chi connectivity index (χ4v) is 1.12. The van der Waals surface area contributed by atoms with E-state index in [-0.39, 0.29) is 11.3 Å². The summed E-state index contributed by atoms with van der Waals surface area (Å²) in [5.74, 6) is -0.123. The summed E-state index contributed by atoms with van der Waals surface area (Å²) in [7, 11) is 0. The highest BCUT2D eigenvalue weighted by atomic mass is 16.3. The van der Waals surface area contributed by atoms with E-state index in [1.165, 1.54) is 0 Å². The van der Waals surface area contributed by atoms with Gasteiger partial charge < -0.3 is 10.4 Å². The molecule has 0 aromatic rings. The molecule has 0 bridgehead atoms. The van der Waals surface area contributed by atoms with Gasteiger partial charge in [0, 0.05) is 12.6 Å². The van der Waals surface area contributed by atoms with Crippen LogP contribution in [-0.2, 0) is 4.79 Å². The van der Waals surface area contributed by atoms with E-state index < -0.39 is 6.10 Å². The molecular formula is C13H25NO2. The third-order valence-corrected chi connectivity index (χ3v) is 2.66. The predicted molar refractivity (Wildman–Crippen MR) is 67.1 cm³/mol. The van der Waals surface area contributed by atoms with Crippen molar-refractivity contribution < 1.29 is 9.90 Å². The normalized spacial score (nSPS) is 14.8. The van der Waals surface area contributed by atoms with Crippen LogP contribution < -0.4 is 5.32 Å². The van der Waals surface area contributed by atoms with Crippen LogP contribution in [0.5, 0.6) is 0 Å². The lowest BCUT2D eigenvalue weighted by atomic mass is 9.87. The maximum atomic E-state index is 11.5. The highest BCUT2D eigenvalue weighted by molar-refractivity contribution is 5.88. The molecule has 0 aliphatic heterocycles. The number of carbonyl (C=O) groups is 1. The Balaban J connectivity index is 4.09. The second-order valence-electron chi connectivity index (χ2n) is 5.27. The molecule has 0 aliphatic rings. The van der Waals surface area contributed by atoms with Gasteiger partial charge >= 0.3 is 0 Å². The van der Waals surface area contributed by atoms with Crippen LogP contribution in [0.3, 0.4) is 0 Å². The van der Waals surface area contributed by atoms with Gasteiger partial charge in [-0.15, -0.1) is 0 Å². The van der Waals surface area contributed by atoms with E-state index >= 15 is 0 Å². The molecule has 2 N–H and O–H groups in total. The summed E-state index contributed by atoms with van der Waals surface area (Å²) >= 11 is 0. The molecule has 0 aromatic heterocycles. The molecular weight excluding hydrogens is 202 g/mol. The van der Waals surface area contributed by atoms with Crippen molar-refractivity contribution in [2.24, 2.45) is 5.41 Å². The lowest BCUT2D eigenvalue weighted by Crippen LogP contribution is -2.31. The minimum atomic E-state index is -0.433. The van der Waals surface area contributed by atoms with Gasteiger partial charge in [-0.25, -0.2) is 0 Å². The first kappa shape index (κ1) is 15.2. The molecule has 1 amide bonds. The number of hydrogen-bond donors (Lipinski definition) is 2. The van der Waals surface area contributed by atoms with Crippen LogP contribution in [0, 0.1) is 5.41 Å². The minimum absolute atomic E-state index is 0.0133. The van der Waals surface area contributed by atoms with E-state index in [2.05, 4.69) is 26.1 Å². The van der Waals surface area contributed by atoms with Crippen LogP contribution in [0.1, 0.15) is 47.5 Å². The van der Waals surface area contributed by atoms with Crippen LogP contribution in [-0.4, -0.2) is 23.7 Å². The highest BCUT2D eigenvalue weighted by Crippen LogP contribution is 2.23. The van der Waals surface area contributed by atoms with E-state index in [4.69, 9.17) is 0 Å². The first-order valence-electron chi connectivity index (χ1n) is 5.92. The topological polar surface area (TPSA) is 49.3 Å².